The molecule has 1 N–H and O–H groups in total. The Morgan fingerprint density at radius 1 is 1.08 bits per heavy atom. The number of carbonyl (C=O) groups excluding carboxylic acids is 2. The Labute approximate surface area is 142 Å². The molecule has 2 rings (SSSR count). The number of aryl methyl sites for hydroxylation is 1. The molecule has 0 spiro atoms. The van der Waals surface area contributed by atoms with E-state index in [1.165, 1.54) is 0 Å². The van der Waals surface area contributed by atoms with Gasteiger partial charge in [-0.25, -0.2) is 0 Å². The van der Waals surface area contributed by atoms with Gasteiger partial charge in [0, 0.05) is 32.3 Å². The van der Waals surface area contributed by atoms with E-state index < -0.39 is 0 Å². The van der Waals surface area contributed by atoms with Crippen molar-refractivity contribution < 1.29 is 9.59 Å². The number of rotatable bonds is 5. The summed E-state index contributed by atoms with van der Waals surface area (Å²) in [6, 6.07) is 15.2. The molecule has 0 aliphatic heterocycles. The van der Waals surface area contributed by atoms with Crippen LogP contribution in [0.3, 0.4) is 0 Å². The van der Waals surface area contributed by atoms with Gasteiger partial charge in [-0.1, -0.05) is 36.4 Å². The molecule has 0 radical (unpaired) electrons. The summed E-state index contributed by atoms with van der Waals surface area (Å²) in [7, 11) is 3.36. The molecule has 0 atom stereocenters. The number of nitrogens with one attached hydrogen (secondary N) is 1. The van der Waals surface area contributed by atoms with Crippen molar-refractivity contribution in [3.63, 3.8) is 0 Å². The number of carbonyl (C=O) groups is 2. The second-order valence-electron chi connectivity index (χ2n) is 5.66. The fourth-order valence-corrected chi connectivity index (χ4v) is 2.32. The normalized spacial score (nSPS) is 10.6. The Kier molecular flexibility index (Phi) is 5.90. The van der Waals surface area contributed by atoms with Gasteiger partial charge in [-0.3, -0.25) is 9.59 Å². The first-order chi connectivity index (χ1) is 11.5. The second kappa shape index (κ2) is 8.11. The van der Waals surface area contributed by atoms with Crippen LogP contribution >= 0.6 is 0 Å². The van der Waals surface area contributed by atoms with Gasteiger partial charge >= 0.3 is 0 Å². The average molecular weight is 322 g/mol. The summed E-state index contributed by atoms with van der Waals surface area (Å²) in [5, 5.41) is 2.58. The fraction of sp³-hybridized carbons (Fsp3) is 0.200. The first kappa shape index (κ1) is 17.5. The molecule has 0 saturated carbocycles. The van der Waals surface area contributed by atoms with E-state index >= 15 is 0 Å². The van der Waals surface area contributed by atoms with Crippen molar-refractivity contribution in [2.45, 2.75) is 13.5 Å². The van der Waals surface area contributed by atoms with Crippen molar-refractivity contribution >= 4 is 17.9 Å². The SMILES string of the molecule is CNC(=O)c1ccc(CN(C)C(=O)/C=C/c2ccccc2C)cc1. The number of benzene rings is 2. The Balaban J connectivity index is 1.99. The first-order valence-electron chi connectivity index (χ1n) is 7.81. The van der Waals surface area contributed by atoms with E-state index in [9.17, 15) is 9.59 Å². The van der Waals surface area contributed by atoms with Gasteiger partial charge in [0.05, 0.1) is 0 Å². The van der Waals surface area contributed by atoms with Crippen LogP contribution in [-0.4, -0.2) is 30.8 Å². The van der Waals surface area contributed by atoms with E-state index in [1.54, 1.807) is 37.2 Å². The maximum absolute atomic E-state index is 12.2. The molecule has 0 fully saturated rings. The van der Waals surface area contributed by atoms with E-state index in [2.05, 4.69) is 5.32 Å². The monoisotopic (exact) mass is 322 g/mol. The molecule has 2 aromatic rings. The van der Waals surface area contributed by atoms with E-state index in [4.69, 9.17) is 0 Å². The van der Waals surface area contributed by atoms with Crippen molar-refractivity contribution in [3.05, 3.63) is 76.9 Å². The van der Waals surface area contributed by atoms with Gasteiger partial charge in [0.1, 0.15) is 0 Å². The van der Waals surface area contributed by atoms with Gasteiger partial charge in [-0.05, 0) is 41.8 Å². The summed E-state index contributed by atoms with van der Waals surface area (Å²) >= 11 is 0. The van der Waals surface area contributed by atoms with Gasteiger partial charge in [-0.2, -0.15) is 0 Å². The molecule has 0 aliphatic rings. The highest BCUT2D eigenvalue weighted by Crippen LogP contribution is 2.10. The van der Waals surface area contributed by atoms with E-state index in [-0.39, 0.29) is 11.8 Å². The fourth-order valence-electron chi connectivity index (χ4n) is 2.32. The lowest BCUT2D eigenvalue weighted by atomic mass is 10.1. The number of hydrogen-bond acceptors (Lipinski definition) is 2. The predicted octanol–water partition coefficient (Wildman–Crippen LogP) is 3.03. The summed E-state index contributed by atoms with van der Waals surface area (Å²) < 4.78 is 0. The zero-order valence-corrected chi connectivity index (χ0v) is 14.2. The lowest BCUT2D eigenvalue weighted by Crippen LogP contribution is -2.24. The Morgan fingerprint density at radius 2 is 1.75 bits per heavy atom. The van der Waals surface area contributed by atoms with Crippen molar-refractivity contribution in [1.29, 1.82) is 0 Å². The third-order valence-electron chi connectivity index (χ3n) is 3.83. The van der Waals surface area contributed by atoms with Crippen LogP contribution in [0.4, 0.5) is 0 Å². The van der Waals surface area contributed by atoms with Gasteiger partial charge in [0.25, 0.3) is 5.91 Å². The lowest BCUT2D eigenvalue weighted by Gasteiger charge is -2.15. The van der Waals surface area contributed by atoms with Crippen molar-refractivity contribution in [2.24, 2.45) is 0 Å². The largest absolute Gasteiger partial charge is 0.355 e. The molecule has 0 heterocycles. The predicted molar refractivity (Wildman–Crippen MR) is 96.5 cm³/mol. The molecule has 0 bridgehead atoms. The van der Waals surface area contributed by atoms with Crippen LogP contribution in [0.25, 0.3) is 6.08 Å². The molecule has 0 saturated heterocycles. The zero-order chi connectivity index (χ0) is 17.5. The third-order valence-corrected chi connectivity index (χ3v) is 3.83. The highest BCUT2D eigenvalue weighted by molar-refractivity contribution is 5.94. The summed E-state index contributed by atoms with van der Waals surface area (Å²) in [5.41, 5.74) is 3.75. The summed E-state index contributed by atoms with van der Waals surface area (Å²) in [5.74, 6) is -0.180. The van der Waals surface area contributed by atoms with Crippen LogP contribution in [0.5, 0.6) is 0 Å². The van der Waals surface area contributed by atoms with Crippen LogP contribution in [-0.2, 0) is 11.3 Å². The molecule has 4 heteroatoms. The molecular weight excluding hydrogens is 300 g/mol. The van der Waals surface area contributed by atoms with Gasteiger partial charge in [0.15, 0.2) is 0 Å². The van der Waals surface area contributed by atoms with Crippen molar-refractivity contribution in [3.8, 4) is 0 Å². The van der Waals surface area contributed by atoms with Crippen LogP contribution < -0.4 is 5.32 Å². The average Bonchev–Trinajstić information content (AvgIpc) is 2.60. The highest BCUT2D eigenvalue weighted by Gasteiger charge is 2.07. The first-order valence-corrected chi connectivity index (χ1v) is 7.81. The van der Waals surface area contributed by atoms with Crippen LogP contribution in [0.15, 0.2) is 54.6 Å². The van der Waals surface area contributed by atoms with Crippen molar-refractivity contribution in [1.82, 2.24) is 10.2 Å². The van der Waals surface area contributed by atoms with E-state index in [0.29, 0.717) is 12.1 Å². The minimum Gasteiger partial charge on any atom is -0.355 e. The summed E-state index contributed by atoms with van der Waals surface area (Å²) in [6.45, 7) is 2.51. The van der Waals surface area contributed by atoms with Crippen molar-refractivity contribution in [2.75, 3.05) is 14.1 Å². The number of hydrogen-bond donors (Lipinski definition) is 1. The molecule has 4 nitrogen and oxygen atoms in total. The molecule has 0 unspecified atom stereocenters. The minimum absolute atomic E-state index is 0.0615. The molecule has 124 valence electrons. The molecule has 2 aromatic carbocycles. The summed E-state index contributed by atoms with van der Waals surface area (Å²) in [6.07, 6.45) is 3.42. The minimum atomic E-state index is -0.118. The number of nitrogens with zero attached hydrogens (tertiary/aromatic N) is 1. The Hall–Kier alpha value is -2.88. The Morgan fingerprint density at radius 3 is 2.38 bits per heavy atom. The van der Waals surface area contributed by atoms with Gasteiger partial charge < -0.3 is 10.2 Å². The number of likely N-dealkylation sites (N-methyl/N-ethyl adjacent to an activating group) is 1. The van der Waals surface area contributed by atoms with E-state index in [1.807, 2.05) is 49.4 Å². The molecule has 0 aliphatic carbocycles. The number of amides is 2. The standard InChI is InChI=1S/C20H22N2O2/c1-15-6-4-5-7-17(15)12-13-19(23)22(3)14-16-8-10-18(11-9-16)20(24)21-2/h4-13H,14H2,1-3H3,(H,21,24)/b13-12+. The van der Waals surface area contributed by atoms with Gasteiger partial charge in [-0.15, -0.1) is 0 Å². The molecule has 24 heavy (non-hydrogen) atoms. The third kappa shape index (κ3) is 4.56. The van der Waals surface area contributed by atoms with Gasteiger partial charge in [0.2, 0.25) is 5.91 Å². The van der Waals surface area contributed by atoms with Crippen LogP contribution in [0.1, 0.15) is 27.0 Å². The highest BCUT2D eigenvalue weighted by atomic mass is 16.2. The maximum Gasteiger partial charge on any atom is 0.251 e. The summed E-state index contributed by atoms with van der Waals surface area (Å²) in [4.78, 5) is 25.4. The van der Waals surface area contributed by atoms with Crippen LogP contribution in [0.2, 0.25) is 0 Å². The second-order valence-corrected chi connectivity index (χ2v) is 5.66. The smallest absolute Gasteiger partial charge is 0.251 e. The zero-order valence-electron chi connectivity index (χ0n) is 14.2. The quantitative estimate of drug-likeness (QED) is 0.860. The Bertz CT molecular complexity index is 748. The molecule has 2 amide bonds. The molecule has 0 aromatic heterocycles. The lowest BCUT2D eigenvalue weighted by molar-refractivity contribution is -0.125. The topological polar surface area (TPSA) is 49.4 Å². The molecular formula is C20H22N2O2. The van der Waals surface area contributed by atoms with Crippen LogP contribution in [0, 0.1) is 6.92 Å². The maximum atomic E-state index is 12.2. The van der Waals surface area contributed by atoms with E-state index in [0.717, 1.165) is 16.7 Å².